The van der Waals surface area contributed by atoms with E-state index in [1.54, 1.807) is 34.6 Å². The Morgan fingerprint density at radius 2 is 1.79 bits per heavy atom. The molecule has 3 unspecified atom stereocenters. The Morgan fingerprint density at radius 1 is 1.08 bits per heavy atom. The first-order chi connectivity index (χ1) is 18.2. The molecule has 0 aliphatic carbocycles. The fraction of sp³-hybridized carbons (Fsp3) is 0.893. The van der Waals surface area contributed by atoms with Crippen LogP contribution in [-0.4, -0.2) is 56.4 Å². The minimum atomic E-state index is -4.12. The normalized spacial score (nSPS) is 28.7. The van der Waals surface area contributed by atoms with Gasteiger partial charge in [-0.25, -0.2) is 9.09 Å². The van der Waals surface area contributed by atoms with E-state index in [1.165, 1.54) is 25.7 Å². The van der Waals surface area contributed by atoms with E-state index in [9.17, 15) is 18.9 Å². The molecule has 2 fully saturated rings. The Labute approximate surface area is 234 Å². The summed E-state index contributed by atoms with van der Waals surface area (Å²) >= 11 is 0. The highest BCUT2D eigenvalue weighted by molar-refractivity contribution is 7.48. The molecule has 5 atom stereocenters. The number of Topliss-reactive ketones (excluding diaryl/α,β-unsaturated/α-hetero) is 1. The van der Waals surface area contributed by atoms with Crippen LogP contribution < -0.4 is 5.32 Å². The van der Waals surface area contributed by atoms with Gasteiger partial charge in [0.05, 0.1) is 24.7 Å². The highest BCUT2D eigenvalue weighted by atomic mass is 31.2. The quantitative estimate of drug-likeness (QED) is 0.115. The molecule has 0 aromatic heterocycles. The number of carbonyl (C=O) groups is 3. The molecule has 0 radical (unpaired) electrons. The van der Waals surface area contributed by atoms with Gasteiger partial charge >= 0.3 is 13.8 Å². The zero-order valence-electron chi connectivity index (χ0n) is 24.9. The number of unbranched alkanes of at least 4 members (excludes halogenated alkanes) is 2. The number of esters is 1. The highest BCUT2D eigenvalue weighted by Crippen LogP contribution is 2.57. The third-order valence-electron chi connectivity index (χ3n) is 7.45. The van der Waals surface area contributed by atoms with Crippen LogP contribution in [0.4, 0.5) is 0 Å². The first-order valence-corrected chi connectivity index (χ1v) is 15.8. The van der Waals surface area contributed by atoms with Crippen molar-refractivity contribution in [3.8, 4) is 0 Å². The van der Waals surface area contributed by atoms with Crippen LogP contribution in [-0.2, 0) is 42.0 Å². The van der Waals surface area contributed by atoms with Gasteiger partial charge in [0, 0.05) is 24.8 Å². The van der Waals surface area contributed by atoms with Gasteiger partial charge in [-0.15, -0.1) is 0 Å². The molecule has 2 aliphatic rings. The van der Waals surface area contributed by atoms with E-state index >= 15 is 0 Å². The molecule has 0 aromatic carbocycles. The minimum Gasteiger partial charge on any atom is -0.437 e. The molecular formula is C28H50NO9P. The van der Waals surface area contributed by atoms with Crippen molar-refractivity contribution in [2.24, 2.45) is 22.7 Å². The van der Waals surface area contributed by atoms with E-state index < -0.39 is 43.4 Å². The molecule has 39 heavy (non-hydrogen) atoms. The van der Waals surface area contributed by atoms with E-state index in [2.05, 4.69) is 19.2 Å². The fourth-order valence-corrected chi connectivity index (χ4v) is 6.37. The number of ether oxygens (including phenoxy) is 2. The Kier molecular flexibility index (Phi) is 13.1. The predicted molar refractivity (Wildman–Crippen MR) is 147 cm³/mol. The second kappa shape index (κ2) is 15.1. The van der Waals surface area contributed by atoms with Crippen LogP contribution in [0.5, 0.6) is 0 Å². The molecule has 2 heterocycles. The maximum absolute atomic E-state index is 12.9. The Hall–Kier alpha value is -1.32. The Bertz CT molecular complexity index is 870. The number of carbonyl (C=O) groups excluding carboxylic acids is 3. The molecule has 1 N–H and O–H groups in total. The lowest BCUT2D eigenvalue weighted by atomic mass is 9.83. The smallest absolute Gasteiger partial charge is 0.437 e. The Balaban J connectivity index is 1.74. The summed E-state index contributed by atoms with van der Waals surface area (Å²) in [6, 6.07) is 0. The van der Waals surface area contributed by atoms with Gasteiger partial charge < -0.3 is 14.8 Å². The summed E-state index contributed by atoms with van der Waals surface area (Å²) in [6.45, 7) is 13.1. The van der Waals surface area contributed by atoms with Crippen molar-refractivity contribution in [3.63, 3.8) is 0 Å². The van der Waals surface area contributed by atoms with Gasteiger partial charge in [0.1, 0.15) is 5.78 Å². The molecule has 2 saturated heterocycles. The summed E-state index contributed by atoms with van der Waals surface area (Å²) in [6.07, 6.45) is 6.49. The minimum absolute atomic E-state index is 0.0581. The lowest BCUT2D eigenvalue weighted by molar-refractivity contribution is -0.163. The highest BCUT2D eigenvalue weighted by Gasteiger charge is 2.49. The maximum Gasteiger partial charge on any atom is 0.478 e. The summed E-state index contributed by atoms with van der Waals surface area (Å²) in [5.41, 5.74) is -1.55. The predicted octanol–water partition coefficient (Wildman–Crippen LogP) is 5.58. The molecule has 0 bridgehead atoms. The molecule has 2 rings (SSSR count). The zero-order chi connectivity index (χ0) is 29.3. The molecule has 0 aromatic rings. The first kappa shape index (κ1) is 33.9. The number of rotatable bonds is 15. The largest absolute Gasteiger partial charge is 0.478 e. The number of phosphoric ester groups is 1. The van der Waals surface area contributed by atoms with Gasteiger partial charge in [-0.1, -0.05) is 40.0 Å². The second-order valence-electron chi connectivity index (χ2n) is 12.6. The van der Waals surface area contributed by atoms with Crippen molar-refractivity contribution in [1.82, 2.24) is 5.32 Å². The van der Waals surface area contributed by atoms with E-state index in [0.717, 1.165) is 19.4 Å². The molecule has 226 valence electrons. The Morgan fingerprint density at radius 3 is 2.46 bits per heavy atom. The molecule has 10 nitrogen and oxygen atoms in total. The first-order valence-electron chi connectivity index (χ1n) is 14.3. The summed E-state index contributed by atoms with van der Waals surface area (Å²) in [5, 5.41) is 2.72. The zero-order valence-corrected chi connectivity index (χ0v) is 25.8. The van der Waals surface area contributed by atoms with Crippen molar-refractivity contribution >= 4 is 25.5 Å². The topological polar surface area (TPSA) is 126 Å². The van der Waals surface area contributed by atoms with Gasteiger partial charge in [-0.2, -0.15) is 0 Å². The van der Waals surface area contributed by atoms with Gasteiger partial charge in [0.2, 0.25) is 12.7 Å². The van der Waals surface area contributed by atoms with Gasteiger partial charge in [-0.05, 0) is 58.8 Å². The van der Waals surface area contributed by atoms with Crippen molar-refractivity contribution in [1.29, 1.82) is 0 Å². The van der Waals surface area contributed by atoms with Crippen LogP contribution in [0.15, 0.2) is 0 Å². The number of phosphoric acid groups is 1. The standard InChI is InChI=1S/C28H50NO9P/c1-8-9-10-14-23-20(2)34-17-21(23)12-11-13-22(30)15-16-29-25(31)24-28(6,7)18-36-39(33,38-24)37-19-35-26(32)27(3,4)5/h20-21,23-24H,8-19H2,1-7H3,(H,29,31)/t20?,21?,23?,24-,39-/m0/s1. The number of amides is 1. The third kappa shape index (κ3) is 10.9. The molecule has 0 spiro atoms. The van der Waals surface area contributed by atoms with E-state index in [4.69, 9.17) is 23.0 Å². The van der Waals surface area contributed by atoms with Crippen LogP contribution in [0.1, 0.15) is 99.8 Å². The molecule has 0 saturated carbocycles. The fourth-order valence-electron chi connectivity index (χ4n) is 4.86. The van der Waals surface area contributed by atoms with Gasteiger partial charge in [0.15, 0.2) is 6.10 Å². The number of hydrogen-bond acceptors (Lipinski definition) is 9. The number of ketones is 1. The summed E-state index contributed by atoms with van der Waals surface area (Å²) in [4.78, 5) is 37.2. The molecule has 2 aliphatic heterocycles. The second-order valence-corrected chi connectivity index (χ2v) is 14.2. The molecular weight excluding hydrogens is 525 g/mol. The van der Waals surface area contributed by atoms with Crippen LogP contribution in [0.25, 0.3) is 0 Å². The average Bonchev–Trinajstić information content (AvgIpc) is 3.19. The van der Waals surface area contributed by atoms with Crippen molar-refractivity contribution in [3.05, 3.63) is 0 Å². The van der Waals surface area contributed by atoms with Crippen LogP contribution in [0.3, 0.4) is 0 Å². The summed E-state index contributed by atoms with van der Waals surface area (Å²) in [7, 11) is -4.12. The SMILES string of the molecule is CCCCCC1C(CCCC(=O)CCNC(=O)[C@@H]2O[P@](=O)(OCOC(=O)C(C)(C)C)OCC2(C)C)COC1C. The lowest BCUT2D eigenvalue weighted by Crippen LogP contribution is -2.50. The molecule has 11 heteroatoms. The van der Waals surface area contributed by atoms with E-state index in [0.29, 0.717) is 18.3 Å². The molecule has 1 amide bonds. The van der Waals surface area contributed by atoms with Crippen LogP contribution in [0.2, 0.25) is 0 Å². The van der Waals surface area contributed by atoms with Crippen molar-refractivity contribution in [2.45, 2.75) is 112 Å². The lowest BCUT2D eigenvalue weighted by Gasteiger charge is -2.39. The van der Waals surface area contributed by atoms with E-state index in [-0.39, 0.29) is 31.5 Å². The van der Waals surface area contributed by atoms with Crippen molar-refractivity contribution in [2.75, 3.05) is 26.6 Å². The summed E-state index contributed by atoms with van der Waals surface area (Å²) in [5.74, 6) is 0.125. The van der Waals surface area contributed by atoms with Crippen LogP contribution in [0, 0.1) is 22.7 Å². The van der Waals surface area contributed by atoms with Crippen molar-refractivity contribution < 1.29 is 42.0 Å². The number of nitrogens with one attached hydrogen (secondary N) is 1. The van der Waals surface area contributed by atoms with Gasteiger partial charge in [-0.3, -0.25) is 23.4 Å². The average molecular weight is 576 g/mol. The monoisotopic (exact) mass is 575 g/mol. The number of hydrogen-bond donors (Lipinski definition) is 1. The summed E-state index contributed by atoms with van der Waals surface area (Å²) < 4.78 is 39.6. The third-order valence-corrected chi connectivity index (χ3v) is 8.78. The van der Waals surface area contributed by atoms with Gasteiger partial charge in [0.25, 0.3) is 0 Å². The van der Waals surface area contributed by atoms with E-state index in [1.807, 2.05) is 0 Å². The maximum atomic E-state index is 12.9. The van der Waals surface area contributed by atoms with Crippen LogP contribution >= 0.6 is 7.82 Å².